The van der Waals surface area contributed by atoms with Crippen molar-refractivity contribution in [2.45, 2.75) is 25.8 Å². The van der Waals surface area contributed by atoms with Crippen molar-refractivity contribution in [1.82, 2.24) is 9.88 Å². The average molecular weight is 207 g/mol. The van der Waals surface area contributed by atoms with Crippen molar-refractivity contribution in [2.24, 2.45) is 5.73 Å². The number of hydrogen-bond acceptors (Lipinski definition) is 2. The SMILES string of the molecule is NCc1c[nH]c(C(=O)N2CCCCC2)c1. The second-order valence-electron chi connectivity index (χ2n) is 3.98. The summed E-state index contributed by atoms with van der Waals surface area (Å²) in [6, 6.07) is 1.84. The van der Waals surface area contributed by atoms with E-state index in [0.717, 1.165) is 31.5 Å². The molecule has 82 valence electrons. The summed E-state index contributed by atoms with van der Waals surface area (Å²) in [4.78, 5) is 16.9. The predicted octanol–water partition coefficient (Wildman–Crippen LogP) is 1.10. The van der Waals surface area contributed by atoms with Gasteiger partial charge in [0.25, 0.3) is 5.91 Å². The summed E-state index contributed by atoms with van der Waals surface area (Å²) in [6.07, 6.45) is 5.28. The van der Waals surface area contributed by atoms with Crippen molar-refractivity contribution in [3.05, 3.63) is 23.5 Å². The number of hydrogen-bond donors (Lipinski definition) is 2. The van der Waals surface area contributed by atoms with E-state index in [9.17, 15) is 4.79 Å². The predicted molar refractivity (Wildman–Crippen MR) is 58.4 cm³/mol. The normalized spacial score (nSPS) is 16.7. The van der Waals surface area contributed by atoms with Crippen molar-refractivity contribution >= 4 is 5.91 Å². The molecule has 0 saturated carbocycles. The van der Waals surface area contributed by atoms with Crippen LogP contribution in [0.15, 0.2) is 12.3 Å². The van der Waals surface area contributed by atoms with Crippen molar-refractivity contribution < 1.29 is 4.79 Å². The molecule has 1 aromatic heterocycles. The number of H-pyrrole nitrogens is 1. The molecule has 0 aliphatic carbocycles. The number of amides is 1. The fraction of sp³-hybridized carbons (Fsp3) is 0.545. The Morgan fingerprint density at radius 1 is 1.40 bits per heavy atom. The standard InChI is InChI=1S/C11H17N3O/c12-7-9-6-10(13-8-9)11(15)14-4-2-1-3-5-14/h6,8,13H,1-5,7,12H2. The Kier molecular flexibility index (Phi) is 3.06. The van der Waals surface area contributed by atoms with Crippen LogP contribution >= 0.6 is 0 Å². The highest BCUT2D eigenvalue weighted by molar-refractivity contribution is 5.92. The Balaban J connectivity index is 2.05. The molecule has 3 N–H and O–H groups in total. The van der Waals surface area contributed by atoms with Crippen LogP contribution < -0.4 is 5.73 Å². The summed E-state index contributed by atoms with van der Waals surface area (Å²) in [6.45, 7) is 2.25. The number of nitrogens with two attached hydrogens (primary N) is 1. The minimum atomic E-state index is 0.106. The molecule has 4 nitrogen and oxygen atoms in total. The van der Waals surface area contributed by atoms with Gasteiger partial charge in [-0.3, -0.25) is 4.79 Å². The summed E-state index contributed by atoms with van der Waals surface area (Å²) >= 11 is 0. The van der Waals surface area contributed by atoms with Gasteiger partial charge in [-0.25, -0.2) is 0 Å². The van der Waals surface area contributed by atoms with E-state index in [1.54, 1.807) is 6.20 Å². The molecule has 0 unspecified atom stereocenters. The van der Waals surface area contributed by atoms with Gasteiger partial charge in [0.2, 0.25) is 0 Å². The number of aromatic amines is 1. The summed E-state index contributed by atoms with van der Waals surface area (Å²) in [5.41, 5.74) is 7.14. The van der Waals surface area contributed by atoms with Crippen molar-refractivity contribution in [1.29, 1.82) is 0 Å². The van der Waals surface area contributed by atoms with Crippen molar-refractivity contribution in [3.63, 3.8) is 0 Å². The zero-order chi connectivity index (χ0) is 10.7. The first kappa shape index (κ1) is 10.2. The van der Waals surface area contributed by atoms with E-state index in [2.05, 4.69) is 4.98 Å². The molecule has 0 bridgehead atoms. The van der Waals surface area contributed by atoms with Crippen LogP contribution in [-0.2, 0) is 6.54 Å². The van der Waals surface area contributed by atoms with Gasteiger partial charge in [0, 0.05) is 25.8 Å². The second kappa shape index (κ2) is 4.49. The summed E-state index contributed by atoms with van der Waals surface area (Å²) < 4.78 is 0. The molecule has 1 aliphatic heterocycles. The number of aromatic nitrogens is 1. The zero-order valence-corrected chi connectivity index (χ0v) is 8.83. The Bertz CT molecular complexity index is 339. The fourth-order valence-corrected chi connectivity index (χ4v) is 1.95. The quantitative estimate of drug-likeness (QED) is 0.762. The summed E-state index contributed by atoms with van der Waals surface area (Å²) in [7, 11) is 0. The fourth-order valence-electron chi connectivity index (χ4n) is 1.95. The maximum absolute atomic E-state index is 12.0. The lowest BCUT2D eigenvalue weighted by Crippen LogP contribution is -2.35. The van der Waals surface area contributed by atoms with E-state index in [1.165, 1.54) is 6.42 Å². The van der Waals surface area contributed by atoms with E-state index in [4.69, 9.17) is 5.73 Å². The Morgan fingerprint density at radius 2 is 2.13 bits per heavy atom. The van der Waals surface area contributed by atoms with Crippen LogP contribution in [0.2, 0.25) is 0 Å². The van der Waals surface area contributed by atoms with Crippen molar-refractivity contribution in [3.8, 4) is 0 Å². The van der Waals surface area contributed by atoms with Gasteiger partial charge in [-0.15, -0.1) is 0 Å². The molecule has 1 saturated heterocycles. The van der Waals surface area contributed by atoms with Crippen LogP contribution in [0, 0.1) is 0 Å². The van der Waals surface area contributed by atoms with E-state index < -0.39 is 0 Å². The van der Waals surface area contributed by atoms with Crippen molar-refractivity contribution in [2.75, 3.05) is 13.1 Å². The second-order valence-corrected chi connectivity index (χ2v) is 3.98. The van der Waals surface area contributed by atoms with Gasteiger partial charge >= 0.3 is 0 Å². The molecule has 2 heterocycles. The third kappa shape index (κ3) is 2.21. The molecule has 1 fully saturated rings. The van der Waals surface area contributed by atoms with Gasteiger partial charge < -0.3 is 15.6 Å². The highest BCUT2D eigenvalue weighted by Gasteiger charge is 2.18. The van der Waals surface area contributed by atoms with Crippen LogP contribution in [0.5, 0.6) is 0 Å². The summed E-state index contributed by atoms with van der Waals surface area (Å²) in [5, 5.41) is 0. The monoisotopic (exact) mass is 207 g/mol. The first-order valence-corrected chi connectivity index (χ1v) is 5.48. The minimum Gasteiger partial charge on any atom is -0.357 e. The number of nitrogens with zero attached hydrogens (tertiary/aromatic N) is 1. The Morgan fingerprint density at radius 3 is 2.73 bits per heavy atom. The number of carbonyl (C=O) groups is 1. The highest BCUT2D eigenvalue weighted by atomic mass is 16.2. The lowest BCUT2D eigenvalue weighted by Gasteiger charge is -2.26. The molecule has 0 atom stereocenters. The molecule has 1 aliphatic rings. The van der Waals surface area contributed by atoms with Gasteiger partial charge in [0.1, 0.15) is 5.69 Å². The number of nitrogens with one attached hydrogen (secondary N) is 1. The first-order valence-electron chi connectivity index (χ1n) is 5.48. The molecule has 4 heteroatoms. The summed E-state index contributed by atoms with van der Waals surface area (Å²) in [5.74, 6) is 0.106. The third-order valence-corrected chi connectivity index (χ3v) is 2.85. The molecule has 0 radical (unpaired) electrons. The van der Waals surface area contributed by atoms with Crippen LogP contribution in [0.1, 0.15) is 35.3 Å². The largest absolute Gasteiger partial charge is 0.357 e. The molecule has 1 amide bonds. The van der Waals surface area contributed by atoms with Gasteiger partial charge in [0.05, 0.1) is 0 Å². The lowest BCUT2D eigenvalue weighted by molar-refractivity contribution is 0.0719. The molecule has 15 heavy (non-hydrogen) atoms. The topological polar surface area (TPSA) is 62.1 Å². The maximum atomic E-state index is 12.0. The molecular formula is C11H17N3O. The van der Waals surface area contributed by atoms with E-state index >= 15 is 0 Å². The molecule has 1 aromatic rings. The first-order chi connectivity index (χ1) is 7.31. The van der Waals surface area contributed by atoms with E-state index in [1.807, 2.05) is 11.0 Å². The average Bonchev–Trinajstić information content (AvgIpc) is 2.78. The Hall–Kier alpha value is -1.29. The zero-order valence-electron chi connectivity index (χ0n) is 8.83. The van der Waals surface area contributed by atoms with E-state index in [0.29, 0.717) is 12.2 Å². The molecule has 0 aromatic carbocycles. The van der Waals surface area contributed by atoms with Crippen LogP contribution in [0.25, 0.3) is 0 Å². The Labute approximate surface area is 89.5 Å². The number of rotatable bonds is 2. The number of piperidine rings is 1. The van der Waals surface area contributed by atoms with Crippen LogP contribution in [0.4, 0.5) is 0 Å². The smallest absolute Gasteiger partial charge is 0.270 e. The minimum absolute atomic E-state index is 0.106. The number of likely N-dealkylation sites (tertiary alicyclic amines) is 1. The molecule has 2 rings (SSSR count). The highest BCUT2D eigenvalue weighted by Crippen LogP contribution is 2.13. The lowest BCUT2D eigenvalue weighted by atomic mass is 10.1. The van der Waals surface area contributed by atoms with Gasteiger partial charge in [-0.05, 0) is 30.9 Å². The van der Waals surface area contributed by atoms with E-state index in [-0.39, 0.29) is 5.91 Å². The third-order valence-electron chi connectivity index (χ3n) is 2.85. The van der Waals surface area contributed by atoms with Crippen LogP contribution in [-0.4, -0.2) is 28.9 Å². The van der Waals surface area contributed by atoms with Gasteiger partial charge in [-0.1, -0.05) is 0 Å². The van der Waals surface area contributed by atoms with Crippen LogP contribution in [0.3, 0.4) is 0 Å². The number of carbonyl (C=O) groups excluding carboxylic acids is 1. The maximum Gasteiger partial charge on any atom is 0.270 e. The molecule has 0 spiro atoms. The van der Waals surface area contributed by atoms with Gasteiger partial charge in [-0.2, -0.15) is 0 Å². The molecular weight excluding hydrogens is 190 g/mol. The van der Waals surface area contributed by atoms with Gasteiger partial charge in [0.15, 0.2) is 0 Å².